The molecule has 1 atom stereocenters. The Balaban J connectivity index is 3.10. The summed E-state index contributed by atoms with van der Waals surface area (Å²) in [6.07, 6.45) is 0.604. The highest BCUT2D eigenvalue weighted by molar-refractivity contribution is 5.66. The number of benzene rings is 1. The van der Waals surface area contributed by atoms with Crippen molar-refractivity contribution < 1.29 is 9.90 Å². The molecule has 2 nitrogen and oxygen atoms in total. The lowest BCUT2D eigenvalue weighted by molar-refractivity contribution is -0.129. The van der Waals surface area contributed by atoms with Crippen LogP contribution in [0.15, 0.2) is 30.3 Å². The smallest absolute Gasteiger partial charge is 0.156 e. The van der Waals surface area contributed by atoms with Crippen LogP contribution >= 0.6 is 0 Å². The van der Waals surface area contributed by atoms with E-state index in [4.69, 9.17) is 0 Å². The molecule has 0 spiro atoms. The summed E-state index contributed by atoms with van der Waals surface area (Å²) in [5.41, 5.74) is -0.693. The first kappa shape index (κ1) is 9.93. The topological polar surface area (TPSA) is 37.3 Å². The molecule has 0 aliphatic carbocycles. The second kappa shape index (κ2) is 3.71. The van der Waals surface area contributed by atoms with Crippen molar-refractivity contribution in [2.24, 2.45) is 5.92 Å². The van der Waals surface area contributed by atoms with E-state index in [1.54, 1.807) is 12.1 Å². The molecule has 0 amide bonds. The Kier molecular flexibility index (Phi) is 2.83. The van der Waals surface area contributed by atoms with Crippen LogP contribution in [0.1, 0.15) is 19.4 Å². The van der Waals surface area contributed by atoms with Gasteiger partial charge in [0.2, 0.25) is 0 Å². The van der Waals surface area contributed by atoms with E-state index in [0.717, 1.165) is 0 Å². The number of aldehydes is 1. The number of rotatable bonds is 3. The lowest BCUT2D eigenvalue weighted by atomic mass is 9.85. The molecule has 13 heavy (non-hydrogen) atoms. The van der Waals surface area contributed by atoms with E-state index in [0.29, 0.717) is 11.8 Å². The van der Waals surface area contributed by atoms with E-state index >= 15 is 0 Å². The maximum atomic E-state index is 10.8. The van der Waals surface area contributed by atoms with Crippen molar-refractivity contribution >= 4 is 6.29 Å². The lowest BCUT2D eigenvalue weighted by Crippen LogP contribution is -2.33. The van der Waals surface area contributed by atoms with E-state index < -0.39 is 5.60 Å². The van der Waals surface area contributed by atoms with Crippen LogP contribution in [0.5, 0.6) is 0 Å². The molecular formula is C11H14O2. The molecule has 0 saturated carbocycles. The highest BCUT2D eigenvalue weighted by Gasteiger charge is 2.32. The Bertz CT molecular complexity index is 279. The van der Waals surface area contributed by atoms with Gasteiger partial charge in [0, 0.05) is 0 Å². The second-order valence-electron chi connectivity index (χ2n) is 3.46. The first-order chi connectivity index (χ1) is 6.11. The summed E-state index contributed by atoms with van der Waals surface area (Å²) in [4.78, 5) is 10.8. The van der Waals surface area contributed by atoms with Gasteiger partial charge < -0.3 is 5.11 Å². The summed E-state index contributed by atoms with van der Waals surface area (Å²) in [7, 11) is 0. The van der Waals surface area contributed by atoms with Gasteiger partial charge in [-0.15, -0.1) is 0 Å². The largest absolute Gasteiger partial charge is 0.377 e. The van der Waals surface area contributed by atoms with Crippen molar-refractivity contribution in [1.29, 1.82) is 0 Å². The van der Waals surface area contributed by atoms with Crippen LogP contribution in [0.4, 0.5) is 0 Å². The monoisotopic (exact) mass is 178 g/mol. The third-order valence-corrected chi connectivity index (χ3v) is 2.30. The first-order valence-electron chi connectivity index (χ1n) is 4.35. The maximum absolute atomic E-state index is 10.8. The fraction of sp³-hybridized carbons (Fsp3) is 0.364. The van der Waals surface area contributed by atoms with Gasteiger partial charge in [-0.25, -0.2) is 0 Å². The second-order valence-corrected chi connectivity index (χ2v) is 3.46. The van der Waals surface area contributed by atoms with Gasteiger partial charge in [-0.2, -0.15) is 0 Å². The molecule has 1 N–H and O–H groups in total. The summed E-state index contributed by atoms with van der Waals surface area (Å²) < 4.78 is 0. The lowest BCUT2D eigenvalue weighted by Gasteiger charge is -2.26. The average molecular weight is 178 g/mol. The molecule has 0 aliphatic rings. The predicted molar refractivity (Wildman–Crippen MR) is 51.2 cm³/mol. The Hall–Kier alpha value is -1.15. The average Bonchev–Trinajstić information content (AvgIpc) is 2.17. The molecular weight excluding hydrogens is 164 g/mol. The predicted octanol–water partition coefficient (Wildman–Crippen LogP) is 1.73. The quantitative estimate of drug-likeness (QED) is 0.716. The molecule has 0 unspecified atom stereocenters. The van der Waals surface area contributed by atoms with E-state index in [9.17, 15) is 9.90 Å². The zero-order valence-corrected chi connectivity index (χ0v) is 7.90. The first-order valence-corrected chi connectivity index (χ1v) is 4.35. The number of hydrogen-bond donors (Lipinski definition) is 1. The molecule has 0 bridgehead atoms. The van der Waals surface area contributed by atoms with Crippen molar-refractivity contribution in [3.63, 3.8) is 0 Å². The van der Waals surface area contributed by atoms with E-state index in [2.05, 4.69) is 0 Å². The van der Waals surface area contributed by atoms with E-state index in [-0.39, 0.29) is 5.92 Å². The maximum Gasteiger partial charge on any atom is 0.156 e. The van der Waals surface area contributed by atoms with Crippen LogP contribution in [0.2, 0.25) is 0 Å². The van der Waals surface area contributed by atoms with Gasteiger partial charge in [0.15, 0.2) is 6.29 Å². The molecule has 0 radical (unpaired) electrons. The van der Waals surface area contributed by atoms with Crippen molar-refractivity contribution in [2.75, 3.05) is 0 Å². The number of aliphatic hydroxyl groups is 1. The summed E-state index contributed by atoms with van der Waals surface area (Å²) in [5.74, 6) is -0.118. The van der Waals surface area contributed by atoms with Crippen LogP contribution in [-0.2, 0) is 10.4 Å². The van der Waals surface area contributed by atoms with Crippen molar-refractivity contribution in [3.8, 4) is 0 Å². The fourth-order valence-corrected chi connectivity index (χ4v) is 1.24. The van der Waals surface area contributed by atoms with E-state index in [1.165, 1.54) is 0 Å². The van der Waals surface area contributed by atoms with Gasteiger partial charge in [0.25, 0.3) is 0 Å². The third-order valence-electron chi connectivity index (χ3n) is 2.30. The Morgan fingerprint density at radius 1 is 1.31 bits per heavy atom. The standard InChI is InChI=1S/C11H14O2/c1-9(2)11(13,8-12)10-6-4-3-5-7-10/h3-9,13H,1-2H3/t11-/m0/s1. The molecule has 1 rings (SSSR count). The van der Waals surface area contributed by atoms with Crippen LogP contribution in [0.3, 0.4) is 0 Å². The van der Waals surface area contributed by atoms with Crippen LogP contribution in [0.25, 0.3) is 0 Å². The van der Waals surface area contributed by atoms with Crippen molar-refractivity contribution in [1.82, 2.24) is 0 Å². The molecule has 0 heterocycles. The Labute approximate surface area is 78.2 Å². The van der Waals surface area contributed by atoms with Crippen LogP contribution in [-0.4, -0.2) is 11.4 Å². The third kappa shape index (κ3) is 1.78. The number of carbonyl (C=O) groups excluding carboxylic acids is 1. The summed E-state index contributed by atoms with van der Waals surface area (Å²) >= 11 is 0. The van der Waals surface area contributed by atoms with Gasteiger partial charge in [-0.3, -0.25) is 4.79 Å². The molecule has 70 valence electrons. The van der Waals surface area contributed by atoms with Gasteiger partial charge in [0.05, 0.1) is 0 Å². The highest BCUT2D eigenvalue weighted by atomic mass is 16.3. The minimum Gasteiger partial charge on any atom is -0.377 e. The molecule has 1 aromatic carbocycles. The number of hydrogen-bond acceptors (Lipinski definition) is 2. The van der Waals surface area contributed by atoms with Crippen molar-refractivity contribution in [2.45, 2.75) is 19.4 Å². The molecule has 0 aliphatic heterocycles. The normalized spacial score (nSPS) is 15.4. The SMILES string of the molecule is CC(C)[C@@](O)(C=O)c1ccccc1. The van der Waals surface area contributed by atoms with Crippen LogP contribution < -0.4 is 0 Å². The van der Waals surface area contributed by atoms with E-state index in [1.807, 2.05) is 32.0 Å². The van der Waals surface area contributed by atoms with Gasteiger partial charge in [0.1, 0.15) is 5.60 Å². The zero-order valence-electron chi connectivity index (χ0n) is 7.90. The van der Waals surface area contributed by atoms with Gasteiger partial charge in [-0.1, -0.05) is 44.2 Å². The Morgan fingerprint density at radius 3 is 2.23 bits per heavy atom. The molecule has 0 fully saturated rings. The number of carbonyl (C=O) groups is 1. The van der Waals surface area contributed by atoms with Crippen molar-refractivity contribution in [3.05, 3.63) is 35.9 Å². The highest BCUT2D eigenvalue weighted by Crippen LogP contribution is 2.26. The zero-order chi connectivity index (χ0) is 9.90. The fourth-order valence-electron chi connectivity index (χ4n) is 1.24. The summed E-state index contributed by atoms with van der Waals surface area (Å²) in [6, 6.07) is 9.00. The summed E-state index contributed by atoms with van der Waals surface area (Å²) in [6.45, 7) is 3.64. The van der Waals surface area contributed by atoms with Gasteiger partial charge in [-0.05, 0) is 11.5 Å². The minimum atomic E-state index is -1.35. The molecule has 1 aromatic rings. The minimum absolute atomic E-state index is 0.118. The molecule has 0 aromatic heterocycles. The molecule has 0 saturated heterocycles. The molecule has 2 heteroatoms. The van der Waals surface area contributed by atoms with Gasteiger partial charge >= 0.3 is 0 Å². The van der Waals surface area contributed by atoms with Crippen LogP contribution in [0, 0.1) is 5.92 Å². The Morgan fingerprint density at radius 2 is 1.85 bits per heavy atom. The summed E-state index contributed by atoms with van der Waals surface area (Å²) in [5, 5.41) is 10.0.